The van der Waals surface area contributed by atoms with E-state index in [0.29, 0.717) is 0 Å². The van der Waals surface area contributed by atoms with E-state index in [0.717, 1.165) is 26.0 Å². The van der Waals surface area contributed by atoms with Crippen LogP contribution in [-0.4, -0.2) is 20.3 Å². The highest BCUT2D eigenvalue weighted by atomic mass is 16.5. The lowest BCUT2D eigenvalue weighted by molar-refractivity contribution is 0.194. The molecular weight excluding hydrogens is 186 g/mol. The van der Waals surface area contributed by atoms with Crippen LogP contribution in [0.4, 0.5) is 5.69 Å². The van der Waals surface area contributed by atoms with Gasteiger partial charge in [0.05, 0.1) is 0 Å². The Kier molecular flexibility index (Phi) is 5.19. The average Bonchev–Trinajstić information content (AvgIpc) is 2.16. The second-order valence-electron chi connectivity index (χ2n) is 4.00. The van der Waals surface area contributed by atoms with Crippen LogP contribution in [0.1, 0.15) is 24.0 Å². The SMILES string of the molecule is COCCCCNc1cc(C)cc(C)c1. The van der Waals surface area contributed by atoms with Gasteiger partial charge in [-0.1, -0.05) is 6.07 Å². The molecule has 0 spiro atoms. The topological polar surface area (TPSA) is 21.3 Å². The van der Waals surface area contributed by atoms with Crippen LogP contribution in [0, 0.1) is 13.8 Å². The Morgan fingerprint density at radius 3 is 2.33 bits per heavy atom. The van der Waals surface area contributed by atoms with Crippen LogP contribution in [0.2, 0.25) is 0 Å². The van der Waals surface area contributed by atoms with Crippen LogP contribution in [0.15, 0.2) is 18.2 Å². The molecule has 0 aliphatic heterocycles. The van der Waals surface area contributed by atoms with Crippen molar-refractivity contribution >= 4 is 5.69 Å². The average molecular weight is 207 g/mol. The van der Waals surface area contributed by atoms with Crippen molar-refractivity contribution in [2.75, 3.05) is 25.6 Å². The third kappa shape index (κ3) is 4.84. The van der Waals surface area contributed by atoms with Crippen LogP contribution in [0.5, 0.6) is 0 Å². The van der Waals surface area contributed by atoms with Gasteiger partial charge in [0.25, 0.3) is 0 Å². The summed E-state index contributed by atoms with van der Waals surface area (Å²) in [7, 11) is 1.75. The Balaban J connectivity index is 2.31. The molecule has 1 aromatic rings. The molecule has 1 rings (SSSR count). The van der Waals surface area contributed by atoms with Gasteiger partial charge in [-0.2, -0.15) is 0 Å². The predicted molar refractivity (Wildman–Crippen MR) is 65.5 cm³/mol. The maximum atomic E-state index is 5.00. The number of aryl methyl sites for hydroxylation is 2. The van der Waals surface area contributed by atoms with Crippen molar-refractivity contribution < 1.29 is 4.74 Å². The molecule has 1 aromatic carbocycles. The molecule has 2 heteroatoms. The van der Waals surface area contributed by atoms with Crippen molar-refractivity contribution in [2.45, 2.75) is 26.7 Å². The third-order valence-corrected chi connectivity index (χ3v) is 2.33. The Morgan fingerprint density at radius 2 is 1.73 bits per heavy atom. The monoisotopic (exact) mass is 207 g/mol. The van der Waals surface area contributed by atoms with Crippen molar-refractivity contribution in [3.63, 3.8) is 0 Å². The maximum absolute atomic E-state index is 5.00. The first kappa shape index (κ1) is 12.1. The second-order valence-corrected chi connectivity index (χ2v) is 4.00. The Hall–Kier alpha value is -1.02. The zero-order valence-corrected chi connectivity index (χ0v) is 9.97. The van der Waals surface area contributed by atoms with Gasteiger partial charge in [-0.25, -0.2) is 0 Å². The van der Waals surface area contributed by atoms with E-state index >= 15 is 0 Å². The molecule has 0 bridgehead atoms. The fourth-order valence-corrected chi connectivity index (χ4v) is 1.68. The number of nitrogens with one attached hydrogen (secondary N) is 1. The number of hydrogen-bond acceptors (Lipinski definition) is 2. The van der Waals surface area contributed by atoms with Gasteiger partial charge in [0.1, 0.15) is 0 Å². The predicted octanol–water partition coefficient (Wildman–Crippen LogP) is 3.14. The standard InChI is InChI=1S/C13H21NO/c1-11-8-12(2)10-13(9-11)14-6-4-5-7-15-3/h8-10,14H,4-7H2,1-3H3. The van der Waals surface area contributed by atoms with E-state index < -0.39 is 0 Å². The van der Waals surface area contributed by atoms with Crippen LogP contribution in [0.25, 0.3) is 0 Å². The van der Waals surface area contributed by atoms with Crippen LogP contribution >= 0.6 is 0 Å². The van der Waals surface area contributed by atoms with E-state index in [1.807, 2.05) is 0 Å². The molecule has 0 aliphatic rings. The van der Waals surface area contributed by atoms with Crippen molar-refractivity contribution in [3.05, 3.63) is 29.3 Å². The molecule has 0 unspecified atom stereocenters. The minimum Gasteiger partial charge on any atom is -0.385 e. The fourth-order valence-electron chi connectivity index (χ4n) is 1.68. The largest absolute Gasteiger partial charge is 0.385 e. The zero-order chi connectivity index (χ0) is 11.1. The van der Waals surface area contributed by atoms with Gasteiger partial charge in [0, 0.05) is 25.9 Å². The van der Waals surface area contributed by atoms with Gasteiger partial charge in [-0.3, -0.25) is 0 Å². The maximum Gasteiger partial charge on any atom is 0.0462 e. The molecule has 84 valence electrons. The van der Waals surface area contributed by atoms with Gasteiger partial charge in [0.15, 0.2) is 0 Å². The highest BCUT2D eigenvalue weighted by Crippen LogP contribution is 2.13. The molecule has 0 radical (unpaired) electrons. The summed E-state index contributed by atoms with van der Waals surface area (Å²) in [5.74, 6) is 0. The summed E-state index contributed by atoms with van der Waals surface area (Å²) in [6.45, 7) is 6.13. The van der Waals surface area contributed by atoms with Crippen molar-refractivity contribution in [2.24, 2.45) is 0 Å². The highest BCUT2D eigenvalue weighted by molar-refractivity contribution is 5.48. The van der Waals surface area contributed by atoms with Crippen LogP contribution in [-0.2, 0) is 4.74 Å². The summed E-state index contributed by atoms with van der Waals surface area (Å²) in [5, 5.41) is 3.43. The van der Waals surface area contributed by atoms with E-state index in [2.05, 4.69) is 37.4 Å². The molecule has 0 aliphatic carbocycles. The lowest BCUT2D eigenvalue weighted by Gasteiger charge is -2.08. The van der Waals surface area contributed by atoms with E-state index in [4.69, 9.17) is 4.74 Å². The molecule has 15 heavy (non-hydrogen) atoms. The molecule has 0 amide bonds. The molecule has 2 nitrogen and oxygen atoms in total. The number of methoxy groups -OCH3 is 1. The Bertz CT molecular complexity index is 276. The molecule has 0 saturated carbocycles. The summed E-state index contributed by atoms with van der Waals surface area (Å²) < 4.78 is 5.00. The smallest absolute Gasteiger partial charge is 0.0462 e. The number of hydrogen-bond donors (Lipinski definition) is 1. The number of benzene rings is 1. The highest BCUT2D eigenvalue weighted by Gasteiger charge is 1.94. The Labute approximate surface area is 92.6 Å². The first-order chi connectivity index (χ1) is 7.22. The lowest BCUT2D eigenvalue weighted by Crippen LogP contribution is -2.03. The fraction of sp³-hybridized carbons (Fsp3) is 0.538. The van der Waals surface area contributed by atoms with E-state index in [-0.39, 0.29) is 0 Å². The summed E-state index contributed by atoms with van der Waals surface area (Å²) in [4.78, 5) is 0. The molecule has 0 fully saturated rings. The number of ether oxygens (including phenoxy) is 1. The first-order valence-corrected chi connectivity index (χ1v) is 5.53. The van der Waals surface area contributed by atoms with E-state index in [1.54, 1.807) is 7.11 Å². The van der Waals surface area contributed by atoms with Crippen molar-refractivity contribution in [1.29, 1.82) is 0 Å². The Morgan fingerprint density at radius 1 is 1.07 bits per heavy atom. The number of unbranched alkanes of at least 4 members (excludes halogenated alkanes) is 1. The number of rotatable bonds is 6. The number of anilines is 1. The van der Waals surface area contributed by atoms with Crippen molar-refractivity contribution in [1.82, 2.24) is 0 Å². The summed E-state index contributed by atoms with van der Waals surface area (Å²) in [6.07, 6.45) is 2.27. The summed E-state index contributed by atoms with van der Waals surface area (Å²) >= 11 is 0. The van der Waals surface area contributed by atoms with Crippen molar-refractivity contribution in [3.8, 4) is 0 Å². The van der Waals surface area contributed by atoms with Crippen LogP contribution in [0.3, 0.4) is 0 Å². The summed E-state index contributed by atoms with van der Waals surface area (Å²) in [6, 6.07) is 6.56. The minimum atomic E-state index is 0.856. The molecule has 0 aromatic heterocycles. The van der Waals surface area contributed by atoms with E-state index in [9.17, 15) is 0 Å². The normalized spacial score (nSPS) is 10.3. The first-order valence-electron chi connectivity index (χ1n) is 5.53. The lowest BCUT2D eigenvalue weighted by atomic mass is 10.1. The minimum absolute atomic E-state index is 0.856. The van der Waals surface area contributed by atoms with E-state index in [1.165, 1.54) is 16.8 Å². The summed E-state index contributed by atoms with van der Waals surface area (Å²) in [5.41, 5.74) is 3.86. The van der Waals surface area contributed by atoms with Crippen LogP contribution < -0.4 is 5.32 Å². The molecular formula is C13H21NO. The molecule has 0 heterocycles. The molecule has 0 saturated heterocycles. The van der Waals surface area contributed by atoms with Gasteiger partial charge in [0.2, 0.25) is 0 Å². The molecule has 0 atom stereocenters. The quantitative estimate of drug-likeness (QED) is 0.724. The van der Waals surface area contributed by atoms with Gasteiger partial charge < -0.3 is 10.1 Å². The molecule has 1 N–H and O–H groups in total. The third-order valence-electron chi connectivity index (χ3n) is 2.33. The van der Waals surface area contributed by atoms with Gasteiger partial charge >= 0.3 is 0 Å². The van der Waals surface area contributed by atoms with Gasteiger partial charge in [-0.05, 0) is 49.9 Å². The zero-order valence-electron chi connectivity index (χ0n) is 9.97. The second kappa shape index (κ2) is 6.46. The van der Waals surface area contributed by atoms with Gasteiger partial charge in [-0.15, -0.1) is 0 Å².